The van der Waals surface area contributed by atoms with Crippen molar-refractivity contribution in [3.05, 3.63) is 30.0 Å². The van der Waals surface area contributed by atoms with Crippen LogP contribution in [0.1, 0.15) is 57.1 Å². The molecule has 1 amide bonds. The summed E-state index contributed by atoms with van der Waals surface area (Å²) in [5.74, 6) is 1.44. The highest BCUT2D eigenvalue weighted by Crippen LogP contribution is 2.33. The van der Waals surface area contributed by atoms with Crippen LogP contribution in [0.25, 0.3) is 10.9 Å². The molecule has 4 rings (SSSR count). The number of rotatable bonds is 7. The number of nitrogens with one attached hydrogen (secondary N) is 1. The van der Waals surface area contributed by atoms with Crippen molar-refractivity contribution in [1.82, 2.24) is 10.3 Å². The number of amides is 1. The van der Waals surface area contributed by atoms with E-state index in [2.05, 4.69) is 10.3 Å². The lowest BCUT2D eigenvalue weighted by molar-refractivity contribution is -0.127. The number of nitrogens with zero attached hydrogens (tertiary/aromatic N) is 1. The molecule has 162 valence electrons. The SMILES string of the molecule is Cc1cc(N)c2c(OC3CCC(NC(=O)COCC4CCCC4)CC3)cccc2n1. The Labute approximate surface area is 178 Å². The van der Waals surface area contributed by atoms with Gasteiger partial charge in [0.1, 0.15) is 12.4 Å². The molecular weight excluding hydrogens is 378 g/mol. The molecule has 2 aliphatic carbocycles. The van der Waals surface area contributed by atoms with Crippen molar-refractivity contribution in [2.75, 3.05) is 18.9 Å². The second-order valence-electron chi connectivity index (χ2n) is 8.83. The number of anilines is 1. The van der Waals surface area contributed by atoms with E-state index in [1.54, 1.807) is 0 Å². The summed E-state index contributed by atoms with van der Waals surface area (Å²) >= 11 is 0. The zero-order valence-corrected chi connectivity index (χ0v) is 17.9. The zero-order chi connectivity index (χ0) is 20.9. The topological polar surface area (TPSA) is 86.5 Å². The third kappa shape index (κ3) is 5.22. The predicted octanol–water partition coefficient (Wildman–Crippen LogP) is 4.14. The highest BCUT2D eigenvalue weighted by atomic mass is 16.5. The molecule has 0 unspecified atom stereocenters. The van der Waals surface area contributed by atoms with Gasteiger partial charge in [0.05, 0.1) is 23.6 Å². The van der Waals surface area contributed by atoms with Crippen LogP contribution in [-0.2, 0) is 9.53 Å². The van der Waals surface area contributed by atoms with Gasteiger partial charge < -0.3 is 20.5 Å². The first-order valence-corrected chi connectivity index (χ1v) is 11.3. The number of aromatic nitrogens is 1. The third-order valence-electron chi connectivity index (χ3n) is 6.35. The summed E-state index contributed by atoms with van der Waals surface area (Å²) in [5, 5.41) is 4.01. The highest BCUT2D eigenvalue weighted by Gasteiger charge is 2.24. The standard InChI is InChI=1S/C24H33N3O3/c1-16-13-20(25)24-21(26-16)7-4-8-22(24)30-19-11-9-18(10-12-19)27-23(28)15-29-14-17-5-2-3-6-17/h4,7-8,13,17-19H,2-3,5-6,9-12,14-15H2,1H3,(H2,25,26)(H,27,28). The predicted molar refractivity (Wildman–Crippen MR) is 118 cm³/mol. The Bertz CT molecular complexity index is 871. The van der Waals surface area contributed by atoms with E-state index in [0.29, 0.717) is 11.6 Å². The normalized spacial score (nSPS) is 22.3. The number of pyridine rings is 1. The molecular formula is C24H33N3O3. The number of fused-ring (bicyclic) bond motifs is 1. The van der Waals surface area contributed by atoms with Gasteiger partial charge in [-0.2, -0.15) is 0 Å². The van der Waals surface area contributed by atoms with Gasteiger partial charge in [-0.3, -0.25) is 9.78 Å². The molecule has 0 bridgehead atoms. The largest absolute Gasteiger partial charge is 0.490 e. The highest BCUT2D eigenvalue weighted by molar-refractivity contribution is 5.95. The molecule has 1 aromatic carbocycles. The number of hydrogen-bond donors (Lipinski definition) is 2. The first-order chi connectivity index (χ1) is 14.6. The molecule has 30 heavy (non-hydrogen) atoms. The summed E-state index contributed by atoms with van der Waals surface area (Å²) in [4.78, 5) is 16.7. The summed E-state index contributed by atoms with van der Waals surface area (Å²) in [6.45, 7) is 2.84. The van der Waals surface area contributed by atoms with Crippen LogP contribution in [0.15, 0.2) is 24.3 Å². The van der Waals surface area contributed by atoms with Gasteiger partial charge in [-0.15, -0.1) is 0 Å². The first kappa shape index (κ1) is 20.9. The van der Waals surface area contributed by atoms with E-state index >= 15 is 0 Å². The molecule has 0 saturated heterocycles. The second-order valence-corrected chi connectivity index (χ2v) is 8.83. The van der Waals surface area contributed by atoms with Crippen molar-refractivity contribution in [3.8, 4) is 5.75 Å². The molecule has 2 aromatic rings. The van der Waals surface area contributed by atoms with Crippen LogP contribution in [0.2, 0.25) is 0 Å². The fourth-order valence-electron chi connectivity index (χ4n) is 4.79. The van der Waals surface area contributed by atoms with Crippen molar-refractivity contribution in [3.63, 3.8) is 0 Å². The maximum atomic E-state index is 12.2. The number of aryl methyl sites for hydroxylation is 1. The number of nitrogens with two attached hydrogens (primary N) is 1. The molecule has 0 aliphatic heterocycles. The average molecular weight is 412 g/mol. The minimum absolute atomic E-state index is 0.000589. The second kappa shape index (κ2) is 9.65. The number of benzene rings is 1. The van der Waals surface area contributed by atoms with E-state index in [1.807, 2.05) is 31.2 Å². The summed E-state index contributed by atoms with van der Waals surface area (Å²) in [5.41, 5.74) is 8.71. The fourth-order valence-corrected chi connectivity index (χ4v) is 4.79. The Morgan fingerprint density at radius 1 is 1.17 bits per heavy atom. The maximum absolute atomic E-state index is 12.2. The lowest BCUT2D eigenvalue weighted by Crippen LogP contribution is -2.41. The van der Waals surface area contributed by atoms with Gasteiger partial charge in [-0.05, 0) is 69.6 Å². The van der Waals surface area contributed by atoms with Crippen LogP contribution in [0, 0.1) is 12.8 Å². The maximum Gasteiger partial charge on any atom is 0.246 e. The molecule has 0 radical (unpaired) electrons. The molecule has 2 aliphatic rings. The minimum Gasteiger partial charge on any atom is -0.490 e. The van der Waals surface area contributed by atoms with E-state index in [9.17, 15) is 4.79 Å². The summed E-state index contributed by atoms with van der Waals surface area (Å²) < 4.78 is 11.9. The molecule has 6 heteroatoms. The average Bonchev–Trinajstić information content (AvgIpc) is 3.22. The molecule has 3 N–H and O–H groups in total. The van der Waals surface area contributed by atoms with Gasteiger partial charge >= 0.3 is 0 Å². The van der Waals surface area contributed by atoms with E-state index in [1.165, 1.54) is 25.7 Å². The Kier molecular flexibility index (Phi) is 6.72. The van der Waals surface area contributed by atoms with Crippen LogP contribution >= 0.6 is 0 Å². The van der Waals surface area contributed by atoms with Crippen molar-refractivity contribution in [1.29, 1.82) is 0 Å². The lowest BCUT2D eigenvalue weighted by Gasteiger charge is -2.30. The van der Waals surface area contributed by atoms with E-state index in [0.717, 1.165) is 54.6 Å². The number of carbonyl (C=O) groups excluding carboxylic acids is 1. The molecule has 6 nitrogen and oxygen atoms in total. The van der Waals surface area contributed by atoms with Gasteiger partial charge in [0.25, 0.3) is 0 Å². The van der Waals surface area contributed by atoms with E-state index in [-0.39, 0.29) is 24.7 Å². The number of ether oxygens (including phenoxy) is 2. The Morgan fingerprint density at radius 3 is 2.70 bits per heavy atom. The molecule has 2 saturated carbocycles. The smallest absolute Gasteiger partial charge is 0.246 e. The molecule has 0 spiro atoms. The molecule has 0 atom stereocenters. The summed E-state index contributed by atoms with van der Waals surface area (Å²) in [7, 11) is 0. The Balaban J connectivity index is 1.24. The van der Waals surface area contributed by atoms with Crippen molar-refractivity contribution >= 4 is 22.5 Å². The van der Waals surface area contributed by atoms with Crippen LogP contribution in [0.3, 0.4) is 0 Å². The molecule has 1 heterocycles. The Hall–Kier alpha value is -2.34. The number of nitrogen functional groups attached to an aromatic ring is 1. The quantitative estimate of drug-likeness (QED) is 0.715. The van der Waals surface area contributed by atoms with E-state index < -0.39 is 0 Å². The van der Waals surface area contributed by atoms with Crippen molar-refractivity contribution in [2.45, 2.75) is 70.4 Å². The van der Waals surface area contributed by atoms with Crippen LogP contribution in [-0.4, -0.2) is 36.3 Å². The fraction of sp³-hybridized carbons (Fsp3) is 0.583. The Morgan fingerprint density at radius 2 is 1.93 bits per heavy atom. The zero-order valence-electron chi connectivity index (χ0n) is 17.9. The van der Waals surface area contributed by atoms with Crippen LogP contribution in [0.4, 0.5) is 5.69 Å². The van der Waals surface area contributed by atoms with Gasteiger partial charge in [0.15, 0.2) is 0 Å². The summed E-state index contributed by atoms with van der Waals surface area (Å²) in [6, 6.07) is 7.98. The molecule has 1 aromatic heterocycles. The van der Waals surface area contributed by atoms with Crippen molar-refractivity contribution in [2.24, 2.45) is 5.92 Å². The lowest BCUT2D eigenvalue weighted by atomic mass is 9.93. The van der Waals surface area contributed by atoms with Crippen LogP contribution in [0.5, 0.6) is 5.75 Å². The first-order valence-electron chi connectivity index (χ1n) is 11.3. The molecule has 2 fully saturated rings. The minimum atomic E-state index is 0.000589. The number of carbonyl (C=O) groups is 1. The van der Waals surface area contributed by atoms with Gasteiger partial charge in [-0.1, -0.05) is 18.9 Å². The van der Waals surface area contributed by atoms with Crippen LogP contribution < -0.4 is 15.8 Å². The monoisotopic (exact) mass is 411 g/mol. The van der Waals surface area contributed by atoms with Gasteiger partial charge in [0, 0.05) is 17.4 Å². The summed E-state index contributed by atoms with van der Waals surface area (Å²) in [6.07, 6.45) is 8.84. The van der Waals surface area contributed by atoms with Gasteiger partial charge in [0.2, 0.25) is 5.91 Å². The van der Waals surface area contributed by atoms with E-state index in [4.69, 9.17) is 15.2 Å². The van der Waals surface area contributed by atoms with Gasteiger partial charge in [-0.25, -0.2) is 0 Å². The van der Waals surface area contributed by atoms with Crippen molar-refractivity contribution < 1.29 is 14.3 Å². The number of hydrogen-bond acceptors (Lipinski definition) is 5. The third-order valence-corrected chi connectivity index (χ3v) is 6.35.